The Kier molecular flexibility index (Phi) is 8.54. The Labute approximate surface area is 153 Å². The first-order chi connectivity index (χ1) is 12.2. The van der Waals surface area contributed by atoms with Crippen molar-refractivity contribution in [3.63, 3.8) is 0 Å². The Bertz CT molecular complexity index is 623. The molecule has 2 rings (SSSR count). The molecular formula is C23H33NO. The van der Waals surface area contributed by atoms with Crippen LogP contribution in [0.2, 0.25) is 0 Å². The molecule has 0 aromatic heterocycles. The second-order valence-corrected chi connectivity index (χ2v) is 6.89. The summed E-state index contributed by atoms with van der Waals surface area (Å²) in [7, 11) is 0. The van der Waals surface area contributed by atoms with E-state index in [2.05, 4.69) is 74.6 Å². The van der Waals surface area contributed by atoms with Crippen molar-refractivity contribution in [3.05, 3.63) is 65.2 Å². The smallest absolute Gasteiger partial charge is 0.124 e. The molecule has 2 aromatic rings. The summed E-state index contributed by atoms with van der Waals surface area (Å²) in [5.74, 6) is 1.02. The molecule has 0 saturated heterocycles. The Hall–Kier alpha value is -1.80. The molecule has 0 aliphatic rings. The van der Waals surface area contributed by atoms with Crippen LogP contribution in [0.3, 0.4) is 0 Å². The predicted octanol–water partition coefficient (Wildman–Crippen LogP) is 6.20. The maximum absolute atomic E-state index is 6.07. The molecule has 0 aliphatic heterocycles. The molecule has 0 spiro atoms. The summed E-state index contributed by atoms with van der Waals surface area (Å²) < 4.78 is 6.07. The second-order valence-electron chi connectivity index (χ2n) is 6.89. The molecule has 2 aromatic carbocycles. The van der Waals surface area contributed by atoms with Crippen LogP contribution in [0, 0.1) is 6.92 Å². The highest BCUT2D eigenvalue weighted by molar-refractivity contribution is 5.35. The quantitative estimate of drug-likeness (QED) is 0.492. The van der Waals surface area contributed by atoms with Gasteiger partial charge < -0.3 is 10.1 Å². The summed E-state index contributed by atoms with van der Waals surface area (Å²) in [5.41, 5.74) is 3.86. The van der Waals surface area contributed by atoms with E-state index in [0.29, 0.717) is 0 Å². The van der Waals surface area contributed by atoms with Gasteiger partial charge in [0.15, 0.2) is 0 Å². The van der Waals surface area contributed by atoms with Gasteiger partial charge in [0.2, 0.25) is 0 Å². The second kappa shape index (κ2) is 10.9. The zero-order valence-electron chi connectivity index (χ0n) is 16.1. The minimum atomic E-state index is 0.261. The van der Waals surface area contributed by atoms with Crippen molar-refractivity contribution >= 4 is 0 Å². The number of unbranched alkanes of at least 4 members (excludes halogenated alkanes) is 4. The molecule has 136 valence electrons. The molecule has 1 N–H and O–H groups in total. The molecule has 1 atom stereocenters. The lowest BCUT2D eigenvalue weighted by Gasteiger charge is -2.18. The number of aryl methyl sites for hydroxylation is 1. The summed E-state index contributed by atoms with van der Waals surface area (Å²) in [6, 6.07) is 17.3. The number of rotatable bonds is 11. The van der Waals surface area contributed by atoms with Gasteiger partial charge in [0.05, 0.1) is 6.61 Å². The highest BCUT2D eigenvalue weighted by Gasteiger charge is 2.11. The van der Waals surface area contributed by atoms with Crippen LogP contribution in [0.25, 0.3) is 0 Å². The van der Waals surface area contributed by atoms with E-state index in [1.807, 2.05) is 0 Å². The topological polar surface area (TPSA) is 21.3 Å². The molecular weight excluding hydrogens is 306 g/mol. The molecule has 2 nitrogen and oxygen atoms in total. The fourth-order valence-corrected chi connectivity index (χ4v) is 3.06. The molecule has 25 heavy (non-hydrogen) atoms. The van der Waals surface area contributed by atoms with Crippen LogP contribution in [0.4, 0.5) is 0 Å². The highest BCUT2D eigenvalue weighted by atomic mass is 16.5. The van der Waals surface area contributed by atoms with Crippen molar-refractivity contribution in [2.75, 3.05) is 6.61 Å². The van der Waals surface area contributed by atoms with Crippen LogP contribution < -0.4 is 10.1 Å². The molecule has 1 unspecified atom stereocenters. The lowest BCUT2D eigenvalue weighted by molar-refractivity contribution is 0.298. The van der Waals surface area contributed by atoms with Gasteiger partial charge in [0.1, 0.15) is 5.75 Å². The van der Waals surface area contributed by atoms with E-state index in [9.17, 15) is 0 Å². The molecule has 0 bridgehead atoms. The van der Waals surface area contributed by atoms with Crippen LogP contribution >= 0.6 is 0 Å². The largest absolute Gasteiger partial charge is 0.493 e. The molecule has 2 heteroatoms. The fourth-order valence-electron chi connectivity index (χ4n) is 3.06. The van der Waals surface area contributed by atoms with Gasteiger partial charge in [0, 0.05) is 18.2 Å². The first kappa shape index (κ1) is 19.5. The van der Waals surface area contributed by atoms with Crippen molar-refractivity contribution in [2.24, 2.45) is 0 Å². The summed E-state index contributed by atoms with van der Waals surface area (Å²) in [5, 5.41) is 3.62. The average molecular weight is 340 g/mol. The number of para-hydroxylation sites is 1. The predicted molar refractivity (Wildman–Crippen MR) is 107 cm³/mol. The standard InChI is InChI=1S/C23H33NO/c1-4-5-6-7-10-16-25-23-15-9-8-14-22(23)20(3)24-18-21-13-11-12-19(2)17-21/h8-9,11-15,17,20,24H,4-7,10,16,18H2,1-3H3. The van der Waals surface area contributed by atoms with Gasteiger partial charge in [0.25, 0.3) is 0 Å². The molecule has 0 aliphatic carbocycles. The molecule has 0 fully saturated rings. The number of hydrogen-bond donors (Lipinski definition) is 1. The summed E-state index contributed by atoms with van der Waals surface area (Å²) >= 11 is 0. The van der Waals surface area contributed by atoms with E-state index in [-0.39, 0.29) is 6.04 Å². The maximum atomic E-state index is 6.07. The zero-order valence-corrected chi connectivity index (χ0v) is 16.1. The number of hydrogen-bond acceptors (Lipinski definition) is 2. The Morgan fingerprint density at radius 3 is 2.56 bits per heavy atom. The van der Waals surface area contributed by atoms with E-state index in [1.165, 1.54) is 42.4 Å². The Morgan fingerprint density at radius 2 is 1.76 bits per heavy atom. The Morgan fingerprint density at radius 1 is 0.960 bits per heavy atom. The van der Waals surface area contributed by atoms with Crippen molar-refractivity contribution in [2.45, 2.75) is 65.5 Å². The van der Waals surface area contributed by atoms with E-state index < -0.39 is 0 Å². The van der Waals surface area contributed by atoms with Crippen LogP contribution in [0.1, 0.15) is 68.7 Å². The molecule has 0 amide bonds. The van der Waals surface area contributed by atoms with Gasteiger partial charge in [-0.2, -0.15) is 0 Å². The lowest BCUT2D eigenvalue weighted by Crippen LogP contribution is -2.19. The minimum absolute atomic E-state index is 0.261. The van der Waals surface area contributed by atoms with Crippen molar-refractivity contribution in [3.8, 4) is 5.75 Å². The maximum Gasteiger partial charge on any atom is 0.124 e. The summed E-state index contributed by atoms with van der Waals surface area (Å²) in [4.78, 5) is 0. The van der Waals surface area contributed by atoms with Gasteiger partial charge >= 0.3 is 0 Å². The van der Waals surface area contributed by atoms with Crippen LogP contribution in [-0.4, -0.2) is 6.61 Å². The Balaban J connectivity index is 1.85. The van der Waals surface area contributed by atoms with E-state index in [0.717, 1.165) is 25.3 Å². The first-order valence-electron chi connectivity index (χ1n) is 9.71. The van der Waals surface area contributed by atoms with Gasteiger partial charge in [-0.1, -0.05) is 80.6 Å². The SMILES string of the molecule is CCCCCCCOc1ccccc1C(C)NCc1cccc(C)c1. The molecule has 0 saturated carbocycles. The van der Waals surface area contributed by atoms with E-state index >= 15 is 0 Å². The normalized spacial score (nSPS) is 12.1. The van der Waals surface area contributed by atoms with Gasteiger partial charge in [-0.25, -0.2) is 0 Å². The lowest BCUT2D eigenvalue weighted by atomic mass is 10.1. The van der Waals surface area contributed by atoms with Crippen molar-refractivity contribution in [1.29, 1.82) is 0 Å². The zero-order chi connectivity index (χ0) is 17.9. The average Bonchev–Trinajstić information content (AvgIpc) is 2.63. The summed E-state index contributed by atoms with van der Waals surface area (Å²) in [6.45, 7) is 8.27. The molecule has 0 heterocycles. The third kappa shape index (κ3) is 6.91. The van der Waals surface area contributed by atoms with Crippen LogP contribution in [0.5, 0.6) is 5.75 Å². The van der Waals surface area contributed by atoms with E-state index in [1.54, 1.807) is 0 Å². The minimum Gasteiger partial charge on any atom is -0.493 e. The van der Waals surface area contributed by atoms with Crippen molar-refractivity contribution in [1.82, 2.24) is 5.32 Å². The monoisotopic (exact) mass is 339 g/mol. The molecule has 0 radical (unpaired) electrons. The fraction of sp³-hybridized carbons (Fsp3) is 0.478. The van der Waals surface area contributed by atoms with Crippen LogP contribution in [-0.2, 0) is 6.54 Å². The van der Waals surface area contributed by atoms with Gasteiger partial charge in [-0.15, -0.1) is 0 Å². The summed E-state index contributed by atoms with van der Waals surface area (Å²) in [6.07, 6.45) is 6.33. The number of benzene rings is 2. The third-order valence-electron chi connectivity index (χ3n) is 4.59. The van der Waals surface area contributed by atoms with Gasteiger partial charge in [-0.05, 0) is 31.9 Å². The number of ether oxygens (including phenoxy) is 1. The van der Waals surface area contributed by atoms with Crippen molar-refractivity contribution < 1.29 is 4.74 Å². The van der Waals surface area contributed by atoms with Gasteiger partial charge in [-0.3, -0.25) is 0 Å². The number of nitrogens with one attached hydrogen (secondary N) is 1. The van der Waals surface area contributed by atoms with E-state index in [4.69, 9.17) is 4.74 Å². The first-order valence-corrected chi connectivity index (χ1v) is 9.71. The highest BCUT2D eigenvalue weighted by Crippen LogP contribution is 2.25. The van der Waals surface area contributed by atoms with Crippen LogP contribution in [0.15, 0.2) is 48.5 Å². The third-order valence-corrected chi connectivity index (χ3v) is 4.59.